The molecule has 2 unspecified atom stereocenters. The molecule has 0 heterocycles. The highest BCUT2D eigenvalue weighted by atomic mass is 16.5. The number of aliphatic hydroxyl groups excluding tert-OH is 1. The third-order valence-corrected chi connectivity index (χ3v) is 5.38. The van der Waals surface area contributed by atoms with Crippen LogP contribution in [0.25, 0.3) is 0 Å². The number of ether oxygens (including phenoxy) is 1. The first kappa shape index (κ1) is 24.1. The minimum absolute atomic E-state index is 0.0892. The normalized spacial score (nSPS) is 13.0. The van der Waals surface area contributed by atoms with Gasteiger partial charge in [0.25, 0.3) is 0 Å². The van der Waals surface area contributed by atoms with Gasteiger partial charge in [0, 0.05) is 24.6 Å². The summed E-state index contributed by atoms with van der Waals surface area (Å²) in [6.07, 6.45) is 7.26. The van der Waals surface area contributed by atoms with Crippen LogP contribution in [0, 0.1) is 0 Å². The Labute approximate surface area is 181 Å². The lowest BCUT2D eigenvalue weighted by atomic mass is 10.0. The first-order valence-corrected chi connectivity index (χ1v) is 11.3. The topological polar surface area (TPSA) is 58.6 Å². The van der Waals surface area contributed by atoms with Gasteiger partial charge in [0.1, 0.15) is 5.75 Å². The summed E-state index contributed by atoms with van der Waals surface area (Å²) in [6, 6.07) is 16.9. The highest BCUT2D eigenvalue weighted by molar-refractivity contribution is 5.96. The average Bonchev–Trinajstić information content (AvgIpc) is 2.78. The van der Waals surface area contributed by atoms with Gasteiger partial charge in [-0.3, -0.25) is 4.79 Å². The van der Waals surface area contributed by atoms with Crippen LogP contribution >= 0.6 is 0 Å². The van der Waals surface area contributed by atoms with Crippen molar-refractivity contribution in [1.82, 2.24) is 5.32 Å². The molecule has 0 aliphatic rings. The molecular weight excluding hydrogens is 374 g/mol. The standard InChI is InChI=1S/C26H37NO3/c1-3-4-5-6-7-11-20-30-24-16-14-22(15-17-24)25(28)18-19-27-21(2)26(29)23-12-9-8-10-13-23/h8-10,12-17,21,26-27,29H,3-7,11,18-20H2,1-2H3. The molecule has 0 saturated heterocycles. The third kappa shape index (κ3) is 8.68. The maximum Gasteiger partial charge on any atom is 0.164 e. The molecule has 2 aromatic carbocycles. The number of aliphatic hydroxyl groups is 1. The Balaban J connectivity index is 1.65. The molecule has 4 nitrogen and oxygen atoms in total. The quantitative estimate of drug-likeness (QED) is 0.291. The van der Waals surface area contributed by atoms with E-state index in [-0.39, 0.29) is 11.8 Å². The summed E-state index contributed by atoms with van der Waals surface area (Å²) in [5.41, 5.74) is 1.57. The molecule has 2 atom stereocenters. The highest BCUT2D eigenvalue weighted by Gasteiger charge is 2.16. The molecule has 0 aliphatic carbocycles. The van der Waals surface area contributed by atoms with E-state index in [0.717, 1.165) is 24.3 Å². The van der Waals surface area contributed by atoms with Crippen molar-refractivity contribution in [2.24, 2.45) is 0 Å². The molecule has 0 saturated carbocycles. The monoisotopic (exact) mass is 411 g/mol. The first-order valence-electron chi connectivity index (χ1n) is 11.3. The number of hydrogen-bond donors (Lipinski definition) is 2. The molecule has 2 aromatic rings. The molecule has 0 radical (unpaired) electrons. The molecule has 0 aromatic heterocycles. The van der Waals surface area contributed by atoms with Crippen molar-refractivity contribution in [2.75, 3.05) is 13.2 Å². The summed E-state index contributed by atoms with van der Waals surface area (Å²) in [6.45, 7) is 5.41. The molecule has 0 amide bonds. The Morgan fingerprint density at radius 1 is 0.967 bits per heavy atom. The lowest BCUT2D eigenvalue weighted by molar-refractivity contribution is 0.0972. The molecule has 4 heteroatoms. The van der Waals surface area contributed by atoms with Gasteiger partial charge in [-0.15, -0.1) is 0 Å². The van der Waals surface area contributed by atoms with Gasteiger partial charge < -0.3 is 15.2 Å². The Bertz CT molecular complexity index is 715. The summed E-state index contributed by atoms with van der Waals surface area (Å²) >= 11 is 0. The number of nitrogens with one attached hydrogen (secondary N) is 1. The molecule has 0 spiro atoms. The number of carbonyl (C=O) groups excluding carboxylic acids is 1. The zero-order chi connectivity index (χ0) is 21.6. The van der Waals surface area contributed by atoms with Crippen molar-refractivity contribution in [3.63, 3.8) is 0 Å². The fourth-order valence-corrected chi connectivity index (χ4v) is 3.42. The fraction of sp³-hybridized carbons (Fsp3) is 0.500. The van der Waals surface area contributed by atoms with Crippen LogP contribution < -0.4 is 10.1 Å². The van der Waals surface area contributed by atoms with E-state index in [9.17, 15) is 9.90 Å². The summed E-state index contributed by atoms with van der Waals surface area (Å²) in [4.78, 5) is 12.4. The predicted molar refractivity (Wildman–Crippen MR) is 123 cm³/mol. The van der Waals surface area contributed by atoms with Crippen molar-refractivity contribution in [1.29, 1.82) is 0 Å². The number of ketones is 1. The van der Waals surface area contributed by atoms with Crippen LogP contribution in [0.3, 0.4) is 0 Å². The Morgan fingerprint density at radius 3 is 2.33 bits per heavy atom. The molecule has 0 bridgehead atoms. The number of hydrogen-bond acceptors (Lipinski definition) is 4. The third-order valence-electron chi connectivity index (χ3n) is 5.38. The van der Waals surface area contributed by atoms with Crippen LogP contribution in [0.2, 0.25) is 0 Å². The summed E-state index contributed by atoms with van der Waals surface area (Å²) in [7, 11) is 0. The molecule has 164 valence electrons. The second-order valence-electron chi connectivity index (χ2n) is 7.91. The molecular formula is C26H37NO3. The smallest absolute Gasteiger partial charge is 0.164 e. The number of carbonyl (C=O) groups is 1. The van der Waals surface area contributed by atoms with Crippen molar-refractivity contribution < 1.29 is 14.6 Å². The van der Waals surface area contributed by atoms with E-state index < -0.39 is 6.10 Å². The van der Waals surface area contributed by atoms with Gasteiger partial charge in [-0.05, 0) is 43.2 Å². The van der Waals surface area contributed by atoms with E-state index in [0.29, 0.717) is 18.5 Å². The molecule has 30 heavy (non-hydrogen) atoms. The first-order chi connectivity index (χ1) is 14.6. The van der Waals surface area contributed by atoms with E-state index >= 15 is 0 Å². The number of unbranched alkanes of at least 4 members (excludes halogenated alkanes) is 5. The van der Waals surface area contributed by atoms with Gasteiger partial charge in [0.15, 0.2) is 5.78 Å². The van der Waals surface area contributed by atoms with Gasteiger partial charge >= 0.3 is 0 Å². The van der Waals surface area contributed by atoms with Gasteiger partial charge in [-0.2, -0.15) is 0 Å². The minimum atomic E-state index is -0.593. The van der Waals surface area contributed by atoms with E-state index in [2.05, 4.69) is 12.2 Å². The van der Waals surface area contributed by atoms with Crippen molar-refractivity contribution in [2.45, 2.75) is 70.9 Å². The Kier molecular flexibility index (Phi) is 11.2. The SMILES string of the molecule is CCCCCCCCOc1ccc(C(=O)CCNC(C)C(O)c2ccccc2)cc1. The van der Waals surface area contributed by atoms with Crippen LogP contribution in [0.5, 0.6) is 5.75 Å². The summed E-state index contributed by atoms with van der Waals surface area (Å²) in [5.74, 6) is 0.907. The van der Waals surface area contributed by atoms with Crippen LogP contribution in [0.15, 0.2) is 54.6 Å². The van der Waals surface area contributed by atoms with E-state index in [1.165, 1.54) is 32.1 Å². The zero-order valence-electron chi connectivity index (χ0n) is 18.5. The van der Waals surface area contributed by atoms with Crippen molar-refractivity contribution in [3.05, 3.63) is 65.7 Å². The minimum Gasteiger partial charge on any atom is -0.494 e. The average molecular weight is 412 g/mol. The van der Waals surface area contributed by atoms with E-state index in [4.69, 9.17) is 4.74 Å². The lowest BCUT2D eigenvalue weighted by Crippen LogP contribution is -2.33. The lowest BCUT2D eigenvalue weighted by Gasteiger charge is -2.20. The summed E-state index contributed by atoms with van der Waals surface area (Å²) < 4.78 is 5.78. The Morgan fingerprint density at radius 2 is 1.63 bits per heavy atom. The molecule has 2 rings (SSSR count). The van der Waals surface area contributed by atoms with Crippen LogP contribution in [0.1, 0.15) is 80.8 Å². The van der Waals surface area contributed by atoms with Gasteiger partial charge in [-0.25, -0.2) is 0 Å². The van der Waals surface area contributed by atoms with Crippen LogP contribution in [0.4, 0.5) is 0 Å². The number of rotatable bonds is 15. The molecule has 2 N–H and O–H groups in total. The number of benzene rings is 2. The highest BCUT2D eigenvalue weighted by Crippen LogP contribution is 2.17. The number of Topliss-reactive ketones (excluding diaryl/α,β-unsaturated/α-hetero) is 1. The predicted octanol–water partition coefficient (Wildman–Crippen LogP) is 5.71. The maximum absolute atomic E-state index is 12.4. The van der Waals surface area contributed by atoms with Crippen molar-refractivity contribution in [3.8, 4) is 5.75 Å². The van der Waals surface area contributed by atoms with Gasteiger partial charge in [-0.1, -0.05) is 69.4 Å². The fourth-order valence-electron chi connectivity index (χ4n) is 3.42. The van der Waals surface area contributed by atoms with Crippen LogP contribution in [-0.2, 0) is 0 Å². The van der Waals surface area contributed by atoms with Gasteiger partial charge in [0.05, 0.1) is 12.7 Å². The Hall–Kier alpha value is -2.17. The van der Waals surface area contributed by atoms with E-state index in [1.54, 1.807) is 0 Å². The largest absolute Gasteiger partial charge is 0.494 e. The second-order valence-corrected chi connectivity index (χ2v) is 7.91. The van der Waals surface area contributed by atoms with Gasteiger partial charge in [0.2, 0.25) is 0 Å². The van der Waals surface area contributed by atoms with Crippen LogP contribution in [-0.4, -0.2) is 30.1 Å². The van der Waals surface area contributed by atoms with E-state index in [1.807, 2.05) is 61.5 Å². The molecule has 0 aliphatic heterocycles. The zero-order valence-corrected chi connectivity index (χ0v) is 18.5. The van der Waals surface area contributed by atoms with Crippen molar-refractivity contribution >= 4 is 5.78 Å². The maximum atomic E-state index is 12.4. The molecule has 0 fully saturated rings. The second kappa shape index (κ2) is 13.9. The summed E-state index contributed by atoms with van der Waals surface area (Å²) in [5, 5.41) is 13.6.